The van der Waals surface area contributed by atoms with Crippen LogP contribution in [-0.2, 0) is 11.3 Å². The maximum absolute atomic E-state index is 12.9. The van der Waals surface area contributed by atoms with E-state index in [4.69, 9.17) is 11.5 Å². The third-order valence-corrected chi connectivity index (χ3v) is 7.04. The quantitative estimate of drug-likeness (QED) is 0.106. The molecule has 0 aliphatic carbocycles. The summed E-state index contributed by atoms with van der Waals surface area (Å²) in [6, 6.07) is 10.8. The molecule has 3 aromatic heterocycles. The molecule has 46 heavy (non-hydrogen) atoms. The van der Waals surface area contributed by atoms with E-state index in [1.165, 1.54) is 0 Å². The smallest absolute Gasteiger partial charge is 0.326 e. The predicted molar refractivity (Wildman–Crippen MR) is 167 cm³/mol. The number of nitrogens with two attached hydrogens (primary N) is 2. The molecule has 8 N–H and O–H groups in total. The van der Waals surface area contributed by atoms with E-state index in [-0.39, 0.29) is 42.0 Å². The molecule has 5 rings (SSSR count). The van der Waals surface area contributed by atoms with Gasteiger partial charge in [0.2, 0.25) is 11.8 Å². The van der Waals surface area contributed by atoms with Crippen LogP contribution in [-0.4, -0.2) is 83.1 Å². The van der Waals surface area contributed by atoms with Gasteiger partial charge in [0.15, 0.2) is 17.0 Å². The maximum atomic E-state index is 12.9. The molecule has 3 heterocycles. The third kappa shape index (κ3) is 7.26. The number of fused-ring (bicyclic) bond motifs is 1. The van der Waals surface area contributed by atoms with Gasteiger partial charge in [-0.05, 0) is 61.4 Å². The average molecular weight is 626 g/mol. The average Bonchev–Trinajstić information content (AvgIpc) is 3.57. The number of nitrogens with one attached hydrogen (secondary N) is 3. The van der Waals surface area contributed by atoms with E-state index in [0.717, 1.165) is 11.3 Å². The Morgan fingerprint density at radius 1 is 1.04 bits per heavy atom. The summed E-state index contributed by atoms with van der Waals surface area (Å²) in [5.41, 5.74) is 15.7. The molecule has 5 aromatic rings. The number of hydrogen-bond donors (Lipinski definition) is 6. The number of hydrogen-bond acceptors (Lipinski definition) is 13. The lowest BCUT2D eigenvalue weighted by atomic mass is 10.0. The van der Waals surface area contributed by atoms with Gasteiger partial charge in [-0.25, -0.2) is 14.8 Å². The minimum Gasteiger partial charge on any atom is -0.480 e. The summed E-state index contributed by atoms with van der Waals surface area (Å²) >= 11 is 0. The Bertz CT molecular complexity index is 1880. The van der Waals surface area contributed by atoms with Gasteiger partial charge in [0.05, 0.1) is 24.0 Å². The number of aliphatic carboxylic acids is 1. The second-order valence-corrected chi connectivity index (χ2v) is 10.5. The van der Waals surface area contributed by atoms with E-state index in [2.05, 4.69) is 51.2 Å². The molecule has 0 spiro atoms. The Morgan fingerprint density at radius 2 is 1.83 bits per heavy atom. The lowest BCUT2D eigenvalue weighted by Crippen LogP contribution is -2.41. The number of aryl methyl sites for hydroxylation is 1. The number of rotatable bonds is 12. The molecule has 1 atom stereocenters. The monoisotopic (exact) mass is 625 g/mol. The van der Waals surface area contributed by atoms with Crippen molar-refractivity contribution in [2.24, 2.45) is 0 Å². The zero-order valence-electron chi connectivity index (χ0n) is 24.9. The van der Waals surface area contributed by atoms with Gasteiger partial charge in [-0.15, -0.1) is 10.2 Å². The Morgan fingerprint density at radius 3 is 2.54 bits per heavy atom. The van der Waals surface area contributed by atoms with E-state index >= 15 is 0 Å². The number of carboxylic acids is 1. The molecule has 0 saturated heterocycles. The van der Waals surface area contributed by atoms with Crippen LogP contribution in [0, 0.1) is 6.92 Å². The highest BCUT2D eigenvalue weighted by molar-refractivity contribution is 6.00. The van der Waals surface area contributed by atoms with Crippen molar-refractivity contribution in [1.82, 2.24) is 51.2 Å². The first-order valence-electron chi connectivity index (χ1n) is 14.1. The highest BCUT2D eigenvalue weighted by Gasteiger charge is 2.21. The van der Waals surface area contributed by atoms with Gasteiger partial charge in [0.1, 0.15) is 6.04 Å². The van der Waals surface area contributed by atoms with Crippen LogP contribution in [0.15, 0.2) is 48.7 Å². The van der Waals surface area contributed by atoms with Crippen LogP contribution in [0.2, 0.25) is 0 Å². The number of nitrogen functional groups attached to an aromatic ring is 2. The number of carbonyl (C=O) groups excluding carboxylic acids is 2. The number of benzene rings is 2. The zero-order valence-corrected chi connectivity index (χ0v) is 24.9. The minimum absolute atomic E-state index is 0.0161. The molecule has 2 aromatic carbocycles. The fraction of sp³-hybridized carbons (Fsp3) is 0.241. The van der Waals surface area contributed by atoms with Gasteiger partial charge in [-0.2, -0.15) is 15.2 Å². The van der Waals surface area contributed by atoms with Gasteiger partial charge in [0, 0.05) is 30.4 Å². The highest BCUT2D eigenvalue weighted by atomic mass is 16.4. The molecular formula is C29H31N13O4. The second kappa shape index (κ2) is 13.6. The molecule has 0 saturated carbocycles. The number of aromatic amines is 1. The molecular weight excluding hydrogens is 594 g/mol. The fourth-order valence-corrected chi connectivity index (χ4v) is 4.68. The summed E-state index contributed by atoms with van der Waals surface area (Å²) < 4.78 is 0. The van der Waals surface area contributed by atoms with E-state index in [1.807, 2.05) is 18.9 Å². The van der Waals surface area contributed by atoms with Crippen LogP contribution in [0.25, 0.3) is 22.6 Å². The summed E-state index contributed by atoms with van der Waals surface area (Å²) in [4.78, 5) is 56.2. The molecule has 17 heteroatoms. The highest BCUT2D eigenvalue weighted by Crippen LogP contribution is 2.22. The summed E-state index contributed by atoms with van der Waals surface area (Å²) in [6.45, 7) is 2.44. The van der Waals surface area contributed by atoms with Crippen LogP contribution >= 0.6 is 0 Å². The van der Waals surface area contributed by atoms with E-state index in [0.29, 0.717) is 41.0 Å². The SMILES string of the molecule is Cc1ccc(C(=O)NCCC[C@H](NC(=O)c2ccc(N(C)Cc3cnc4nc(N)nc(N)c4n3)cc2)C(=O)O)c(-c2nn[nH]n2)c1. The first kappa shape index (κ1) is 31.2. The number of tetrazole rings is 1. The summed E-state index contributed by atoms with van der Waals surface area (Å²) in [6.07, 6.45) is 1.97. The van der Waals surface area contributed by atoms with Crippen LogP contribution in [0.1, 0.15) is 44.8 Å². The molecule has 0 aliphatic heterocycles. The van der Waals surface area contributed by atoms with Crippen LogP contribution in [0.3, 0.4) is 0 Å². The molecule has 2 amide bonds. The van der Waals surface area contributed by atoms with E-state index < -0.39 is 17.9 Å². The topological polar surface area (TPSA) is 257 Å². The zero-order chi connectivity index (χ0) is 32.8. The number of carbonyl (C=O) groups is 3. The Balaban J connectivity index is 1.14. The van der Waals surface area contributed by atoms with Crippen molar-refractivity contribution in [3.8, 4) is 11.4 Å². The molecule has 17 nitrogen and oxygen atoms in total. The standard InChI is InChI=1S/C29H31N13O4/c1-15-5-10-19(20(12-15)24-38-40-41-39-24)27(44)32-11-3-4-21(28(45)46)35-26(43)16-6-8-18(9-7-16)42(2)14-17-13-33-25-22(34-17)23(30)36-29(31)37-25/h5-10,12-13,21H,3-4,11,14H2,1-2H3,(H,32,44)(H,35,43)(H,45,46)(H,38,39,40,41)(H4,30,31,33,36,37)/t21-/m0/s1. The van der Waals surface area contributed by atoms with E-state index in [1.54, 1.807) is 48.7 Å². The number of amides is 2. The predicted octanol–water partition coefficient (Wildman–Crippen LogP) is 1.10. The normalized spacial score (nSPS) is 11.6. The van der Waals surface area contributed by atoms with Gasteiger partial charge in [-0.3, -0.25) is 9.59 Å². The van der Waals surface area contributed by atoms with Crippen LogP contribution in [0.4, 0.5) is 17.5 Å². The van der Waals surface area contributed by atoms with Crippen molar-refractivity contribution in [2.75, 3.05) is 30.0 Å². The Kier molecular flexibility index (Phi) is 9.20. The number of H-pyrrole nitrogens is 1. The Hall–Kier alpha value is -6.26. The van der Waals surface area contributed by atoms with Crippen molar-refractivity contribution >= 4 is 46.4 Å². The molecule has 236 valence electrons. The summed E-state index contributed by atoms with van der Waals surface area (Å²) in [7, 11) is 1.84. The van der Waals surface area contributed by atoms with Crippen molar-refractivity contribution in [2.45, 2.75) is 32.4 Å². The number of aromatic nitrogens is 8. The fourth-order valence-electron chi connectivity index (χ4n) is 4.68. The summed E-state index contributed by atoms with van der Waals surface area (Å²) in [5.74, 6) is -1.64. The van der Waals surface area contributed by atoms with Crippen LogP contribution in [0.5, 0.6) is 0 Å². The largest absolute Gasteiger partial charge is 0.480 e. The van der Waals surface area contributed by atoms with Crippen molar-refractivity contribution in [3.05, 3.63) is 71.0 Å². The van der Waals surface area contributed by atoms with Gasteiger partial charge >= 0.3 is 5.97 Å². The Labute approximate surface area is 261 Å². The molecule has 0 fully saturated rings. The van der Waals surface area contributed by atoms with Gasteiger partial charge in [0.25, 0.3) is 11.8 Å². The lowest BCUT2D eigenvalue weighted by Gasteiger charge is -2.19. The third-order valence-electron chi connectivity index (χ3n) is 7.04. The minimum atomic E-state index is -1.18. The molecule has 0 unspecified atom stereocenters. The number of nitrogens with zero attached hydrogens (tertiary/aromatic N) is 8. The van der Waals surface area contributed by atoms with Crippen molar-refractivity contribution < 1.29 is 19.5 Å². The maximum Gasteiger partial charge on any atom is 0.326 e. The molecule has 0 radical (unpaired) electrons. The number of anilines is 3. The molecule has 0 aliphatic rings. The van der Waals surface area contributed by atoms with Crippen molar-refractivity contribution in [1.29, 1.82) is 0 Å². The van der Waals surface area contributed by atoms with Crippen molar-refractivity contribution in [3.63, 3.8) is 0 Å². The first-order valence-corrected chi connectivity index (χ1v) is 14.1. The number of carboxylic acid groups (broad SMARTS) is 1. The second-order valence-electron chi connectivity index (χ2n) is 10.5. The first-order chi connectivity index (χ1) is 22.1. The van der Waals surface area contributed by atoms with Gasteiger partial charge < -0.3 is 32.1 Å². The van der Waals surface area contributed by atoms with E-state index in [9.17, 15) is 19.5 Å². The summed E-state index contributed by atoms with van der Waals surface area (Å²) in [5, 5.41) is 28.9. The molecule has 0 bridgehead atoms. The van der Waals surface area contributed by atoms with Crippen LogP contribution < -0.4 is 27.0 Å². The lowest BCUT2D eigenvalue weighted by molar-refractivity contribution is -0.139. The van der Waals surface area contributed by atoms with Gasteiger partial charge in [-0.1, -0.05) is 11.6 Å².